The van der Waals surface area contributed by atoms with E-state index in [1.807, 2.05) is 0 Å². The fourth-order valence-corrected chi connectivity index (χ4v) is 7.18. The molecule has 0 saturated carbocycles. The molecule has 11 N–H and O–H groups in total. The zero-order valence-electron chi connectivity index (χ0n) is 27.2. The van der Waals surface area contributed by atoms with Crippen LogP contribution in [0.3, 0.4) is 0 Å². The predicted octanol–water partition coefficient (Wildman–Crippen LogP) is -1.08. The number of aliphatic hydroxyl groups is 3. The number of nitrogens with two attached hydrogens (primary N) is 1. The number of phosphoric acid groups is 2. The molecule has 5 atom stereocenters. The molecular weight excluding hydrogens is 752 g/mol. The second-order valence-corrected chi connectivity index (χ2v) is 14.6. The molecule has 0 aliphatic heterocycles. The van der Waals surface area contributed by atoms with E-state index < -0.39 is 88.1 Å². The smallest absolute Gasteiger partial charge is 0.481 e. The number of H-pyrrole nitrogens is 2. The van der Waals surface area contributed by atoms with E-state index in [2.05, 4.69) is 43.3 Å². The summed E-state index contributed by atoms with van der Waals surface area (Å²) in [6.45, 7) is 0.661. The molecule has 5 heterocycles. The summed E-state index contributed by atoms with van der Waals surface area (Å²) in [6, 6.07) is 3.32. The van der Waals surface area contributed by atoms with Crippen molar-refractivity contribution >= 4 is 54.8 Å². The fraction of sp³-hybridized carbons (Fsp3) is 0.296. The van der Waals surface area contributed by atoms with Crippen molar-refractivity contribution in [3.63, 3.8) is 0 Å². The van der Waals surface area contributed by atoms with Crippen LogP contribution in [0.2, 0.25) is 0 Å². The van der Waals surface area contributed by atoms with Crippen LogP contribution in [0.15, 0.2) is 38.8 Å². The van der Waals surface area contributed by atoms with Gasteiger partial charge in [0.05, 0.1) is 6.61 Å². The number of aromatic nitrogens is 8. The van der Waals surface area contributed by atoms with E-state index in [1.165, 1.54) is 4.57 Å². The van der Waals surface area contributed by atoms with Gasteiger partial charge in [-0.2, -0.15) is 9.29 Å². The summed E-state index contributed by atoms with van der Waals surface area (Å²) >= 11 is 0. The van der Waals surface area contributed by atoms with Crippen molar-refractivity contribution < 1.29 is 66.8 Å². The third kappa shape index (κ3) is 7.54. The molecule has 24 nitrogen and oxygen atoms in total. The monoisotopic (exact) mass is 782 g/mol. The third-order valence-corrected chi connectivity index (χ3v) is 10.5. The van der Waals surface area contributed by atoms with Gasteiger partial charge < -0.3 is 45.5 Å². The number of nitrogens with zero attached hydrogens (tertiary/aromatic N) is 6. The zero-order chi connectivity index (χ0) is 38.6. The van der Waals surface area contributed by atoms with Gasteiger partial charge in [0, 0.05) is 0 Å². The third-order valence-electron chi connectivity index (χ3n) is 7.91. The molecule has 0 amide bonds. The summed E-state index contributed by atoms with van der Waals surface area (Å²) in [6.07, 6.45) is -3.90. The average molecular weight is 783 g/mol. The number of hydrogen-bond donors (Lipinski definition) is 10. The number of rotatable bonds is 13. The number of nitrogens with one attached hydrogen (secondary N) is 2. The molecule has 2 unspecified atom stereocenters. The van der Waals surface area contributed by atoms with E-state index in [9.17, 15) is 54.0 Å². The number of aliphatic hydroxyl groups excluding tert-OH is 3. The van der Waals surface area contributed by atoms with Gasteiger partial charge in [-0.05, 0) is 37.1 Å². The molecule has 5 aromatic heterocycles. The van der Waals surface area contributed by atoms with Crippen molar-refractivity contribution in [3.05, 3.63) is 62.5 Å². The van der Waals surface area contributed by atoms with Crippen LogP contribution in [-0.2, 0) is 35.6 Å². The van der Waals surface area contributed by atoms with Gasteiger partial charge in [-0.3, -0.25) is 18.8 Å². The fourth-order valence-electron chi connectivity index (χ4n) is 5.14. The Balaban J connectivity index is 1.11. The number of aromatic hydroxyl groups is 2. The summed E-state index contributed by atoms with van der Waals surface area (Å²) in [5, 5.41) is 52.7. The Kier molecular flexibility index (Phi) is 9.95. The predicted molar refractivity (Wildman–Crippen MR) is 176 cm³/mol. The molecule has 26 heteroatoms. The largest absolute Gasteiger partial charge is 0.502 e. The van der Waals surface area contributed by atoms with Crippen LogP contribution in [-0.4, -0.2) is 94.7 Å². The minimum absolute atomic E-state index is 0.00574. The van der Waals surface area contributed by atoms with Crippen molar-refractivity contribution in [2.24, 2.45) is 0 Å². The maximum atomic E-state index is 12.5. The summed E-state index contributed by atoms with van der Waals surface area (Å²) in [5.74, 6) is -2.93. The first-order valence-corrected chi connectivity index (χ1v) is 18.0. The van der Waals surface area contributed by atoms with E-state index in [4.69, 9.17) is 10.2 Å². The van der Waals surface area contributed by atoms with Crippen LogP contribution >= 0.6 is 15.6 Å². The van der Waals surface area contributed by atoms with E-state index in [0.29, 0.717) is 11.0 Å². The maximum absolute atomic E-state index is 12.5. The summed E-state index contributed by atoms with van der Waals surface area (Å²) in [5.41, 5.74) is 6.08. The Morgan fingerprint density at radius 2 is 1.66 bits per heavy atom. The summed E-state index contributed by atoms with van der Waals surface area (Å²) in [7, 11) is -11.1. The second-order valence-electron chi connectivity index (χ2n) is 11.5. The van der Waals surface area contributed by atoms with E-state index in [1.54, 1.807) is 26.0 Å². The van der Waals surface area contributed by atoms with Gasteiger partial charge in [0.1, 0.15) is 49.6 Å². The van der Waals surface area contributed by atoms with Gasteiger partial charge in [0.25, 0.3) is 11.4 Å². The Morgan fingerprint density at radius 1 is 0.962 bits per heavy atom. The number of phosphoric ester groups is 2. The first kappa shape index (κ1) is 37.6. The molecule has 0 aliphatic carbocycles. The maximum Gasteiger partial charge on any atom is 0.481 e. The van der Waals surface area contributed by atoms with E-state index in [0.717, 1.165) is 28.3 Å². The molecule has 0 saturated heterocycles. The highest BCUT2D eigenvalue weighted by Crippen LogP contribution is 2.61. The lowest BCUT2D eigenvalue weighted by Crippen LogP contribution is -2.51. The van der Waals surface area contributed by atoms with Crippen molar-refractivity contribution in [2.45, 2.75) is 45.3 Å². The van der Waals surface area contributed by atoms with Gasteiger partial charge in [-0.15, -0.1) is 0 Å². The summed E-state index contributed by atoms with van der Waals surface area (Å²) < 4.78 is 46.0. The molecule has 6 aromatic rings. The van der Waals surface area contributed by atoms with Gasteiger partial charge >= 0.3 is 27.0 Å². The molecule has 0 radical (unpaired) electrons. The van der Waals surface area contributed by atoms with Crippen molar-refractivity contribution in [1.29, 1.82) is 0 Å². The number of furan rings is 1. The van der Waals surface area contributed by atoms with E-state index >= 15 is 0 Å². The number of fused-ring (bicyclic) bond motifs is 3. The van der Waals surface area contributed by atoms with Crippen LogP contribution < -0.4 is 21.5 Å². The number of nitrogen functional groups attached to an aromatic ring is 1. The Labute approximate surface area is 293 Å². The van der Waals surface area contributed by atoms with Gasteiger partial charge in [-0.25, -0.2) is 43.0 Å². The molecule has 1 aromatic carbocycles. The molecule has 0 bridgehead atoms. The number of imidazole rings is 1. The molecule has 0 fully saturated rings. The van der Waals surface area contributed by atoms with Crippen LogP contribution in [0, 0.1) is 13.8 Å². The molecule has 282 valence electrons. The Morgan fingerprint density at radius 3 is 2.40 bits per heavy atom. The molecule has 6 rings (SSSR count). The van der Waals surface area contributed by atoms with Crippen molar-refractivity contribution in [1.82, 2.24) is 34.5 Å². The molecule has 53 heavy (non-hydrogen) atoms. The lowest BCUT2D eigenvalue weighted by molar-refractivity contribution is -0.657. The standard InChI is InChI=1S/C27H29N9O15P2/c1-10-3-12-13(4-11(10)2)35(24-18(32-12)25(42)34-27(43)33-24)5-14(37)19(39)15(38)6-48-52(44,45)51-53(46,47)49-7-16-20(40)21(41)26(50-16)36-9-31-17-22(28)29-8-30-23(17)36/h3-4,8-9,14-15,19,37-39H,5-7H2,1-2H3,(H7,28,29,30,34,40,41,42,43,44,45,46,47)/p+1/t14-,15+,19-/m0/s1. The van der Waals surface area contributed by atoms with Crippen molar-refractivity contribution in [3.8, 4) is 17.4 Å². The number of anilines is 1. The highest BCUT2D eigenvalue weighted by atomic mass is 31.3. The van der Waals surface area contributed by atoms with Gasteiger partial charge in [0.15, 0.2) is 28.3 Å². The van der Waals surface area contributed by atoms with Crippen molar-refractivity contribution in [2.75, 3.05) is 12.3 Å². The second kappa shape index (κ2) is 14.0. The quantitative estimate of drug-likeness (QED) is 0.0378. The van der Waals surface area contributed by atoms with Gasteiger partial charge in [0.2, 0.25) is 17.0 Å². The summed E-state index contributed by atoms with van der Waals surface area (Å²) in [4.78, 5) is 65.2. The van der Waals surface area contributed by atoms with Crippen LogP contribution in [0.5, 0.6) is 11.5 Å². The Hall–Kier alpha value is -5.13. The topological polar surface area (TPSA) is 369 Å². The number of aryl methyl sites for hydroxylation is 2. The minimum atomic E-state index is -5.56. The van der Waals surface area contributed by atoms with Gasteiger partial charge in [-0.1, -0.05) is 0 Å². The molecular formula is C27H30N9O15P2+. The SMILES string of the molecule is Cc1cc2nc3c(=O)[nH]c(=O)[nH]c3[n+](C[C@H](O)[C@H](O)[C@H](O)COP(=O)(O)OP(=O)(O)OCc3oc(-n4cnc5c(N)ncnc54)c(O)c3O)c2cc1C. The molecule has 0 aliphatic rings. The highest BCUT2D eigenvalue weighted by molar-refractivity contribution is 7.61. The minimum Gasteiger partial charge on any atom is -0.502 e. The zero-order valence-corrected chi connectivity index (χ0v) is 29.0. The van der Waals surface area contributed by atoms with Crippen LogP contribution in [0.1, 0.15) is 16.9 Å². The van der Waals surface area contributed by atoms with Crippen LogP contribution in [0.4, 0.5) is 5.82 Å². The number of hydrogen-bond acceptors (Lipinski definition) is 18. The lowest BCUT2D eigenvalue weighted by atomic mass is 10.1. The molecule has 0 spiro atoms. The highest BCUT2D eigenvalue weighted by Gasteiger charge is 2.38. The average Bonchev–Trinajstić information content (AvgIpc) is 3.63. The first-order valence-electron chi connectivity index (χ1n) is 15.0. The Bertz CT molecular complexity index is 2610. The lowest BCUT2D eigenvalue weighted by Gasteiger charge is -2.23. The van der Waals surface area contributed by atoms with E-state index in [-0.39, 0.29) is 28.1 Å². The number of aromatic amines is 2. The first-order chi connectivity index (χ1) is 24.9. The normalized spacial score (nSPS) is 16.1. The van der Waals surface area contributed by atoms with Crippen LogP contribution in [0.25, 0.3) is 39.2 Å². The number of benzene rings is 1.